The van der Waals surface area contributed by atoms with E-state index in [1.165, 1.54) is 12.4 Å². The molecule has 13 N–H and O–H groups in total. The van der Waals surface area contributed by atoms with Gasteiger partial charge in [0.15, 0.2) is 80.8 Å². The van der Waals surface area contributed by atoms with Crippen LogP contribution >= 0.6 is 0 Å². The van der Waals surface area contributed by atoms with Gasteiger partial charge in [-0.1, -0.05) is 0 Å². The molecule has 9 saturated heterocycles. The molecule has 12 aromatic heterocycles. The van der Waals surface area contributed by atoms with Crippen LogP contribution in [-0.4, -0.2) is 321 Å². The van der Waals surface area contributed by atoms with Crippen LogP contribution in [-0.2, 0) is 14.3 Å². The van der Waals surface area contributed by atoms with Crippen LogP contribution in [0.3, 0.4) is 0 Å². The summed E-state index contributed by atoms with van der Waals surface area (Å²) in [6.45, 7) is 15.5. The van der Waals surface area contributed by atoms with Crippen molar-refractivity contribution in [2.45, 2.75) is 57.2 Å². The van der Waals surface area contributed by atoms with Crippen LogP contribution in [0.15, 0.2) is 105 Å². The van der Waals surface area contributed by atoms with E-state index in [2.05, 4.69) is 137 Å². The summed E-state index contributed by atoms with van der Waals surface area (Å²) in [7, 11) is 8.05. The van der Waals surface area contributed by atoms with Gasteiger partial charge in [0.25, 0.3) is 23.6 Å². The van der Waals surface area contributed by atoms with E-state index in [1.807, 2.05) is 21.9 Å². The van der Waals surface area contributed by atoms with Crippen LogP contribution in [0, 0.1) is 52.7 Å². The fourth-order valence-electron chi connectivity index (χ4n) is 18.6. The lowest BCUT2D eigenvalue weighted by atomic mass is 9.78. The molecule has 0 aliphatic carbocycles. The first kappa shape index (κ1) is 92.3. The summed E-state index contributed by atoms with van der Waals surface area (Å²) < 4.78 is 94.6. The summed E-state index contributed by atoms with van der Waals surface area (Å²) in [4.78, 5) is 131. The van der Waals surface area contributed by atoms with Crippen LogP contribution in [0.5, 0.6) is 0 Å². The van der Waals surface area contributed by atoms with Crippen molar-refractivity contribution in [1.29, 1.82) is 0 Å². The van der Waals surface area contributed by atoms with Gasteiger partial charge in [-0.25, -0.2) is 69.3 Å². The summed E-state index contributed by atoms with van der Waals surface area (Å²) in [5.74, 6) is -4.68. The number of pyridine rings is 4. The highest BCUT2D eigenvalue weighted by atomic mass is 19.1. The summed E-state index contributed by atoms with van der Waals surface area (Å²) in [5.41, 5.74) is 27.7. The molecule has 42 nitrogen and oxygen atoms in total. The van der Waals surface area contributed by atoms with E-state index in [4.69, 9.17) is 27.7 Å². The summed E-state index contributed by atoms with van der Waals surface area (Å²) >= 11 is 0. The lowest BCUT2D eigenvalue weighted by Gasteiger charge is -2.46. The topological polar surface area (TPSA) is 481 Å². The monoisotopic (exact) mass is 1860 g/mol. The average Bonchev–Trinajstić information content (AvgIpc) is 1.49. The number of nitrogens with zero attached hydrogens (tertiary/aromatic N) is 26. The van der Waals surface area contributed by atoms with Gasteiger partial charge < -0.3 is 103 Å². The minimum absolute atomic E-state index is 0.0217. The Kier molecular flexibility index (Phi) is 27.4. The Labute approximate surface area is 768 Å². The van der Waals surface area contributed by atoms with Crippen LogP contribution in [0.25, 0.3) is 22.6 Å². The number of ether oxygens (including phenoxy) is 1. The standard InChI is InChI=1S/C24H27F2N9O2.C23H27F2N9O2.C22H27FN8O2.C18H22FN9O/c25-15-9-29-22-19(21(27)31-35(22)12-15)23(36)30-18-11-28-10-17(26)20(18)33-5-7-34(8-6-33)24(37)16-13-32-3-1-14(16)2-4-32;1-31-4-2-14(3-5-31)23(36)33-8-6-32(7-9-33)19-16(25)11-27-12-17(19)29-22(35)18-20(26)30-34-13-15(24)10-28-21(18)34;1-29-7-3-16(13-29)33-15-4-8-30(9-5-15)18-2-6-25-11-17(18)27-22(32)19-20(24)28-31-12-14(23)10-26-21(19)31;1-21-14-7-13(27-5-3-26(2)4-6-27)12(9-22-14)24-18(29)15-16(20)25-28-10-11(19)8-23-17(15)28/h9-12,14,16H,1-8,13H2,(H2,27,31)(H,30,36);10-14H,2-9H2,1H3,(H2,26,30)(H,29,35);2,6,10-12,15-16H,3-5,7-9,13H2,1H3,(H2,24,28)(H,27,32);7-10H,3-6H2,1-2H3,(H2,20,25)(H,21,22)(H,24,29)/t;;16-;/m..1./s1. The molecule has 0 aromatic carbocycles. The third kappa shape index (κ3) is 20.4. The molecule has 0 radical (unpaired) electrons. The number of nitrogen functional groups attached to an aromatic ring is 4. The van der Waals surface area contributed by atoms with Crippen LogP contribution < -0.4 is 69.1 Å². The number of rotatable bonds is 17. The maximum atomic E-state index is 15.0. The molecule has 21 heterocycles. The number of nitrogens with two attached hydrogens (primary N) is 4. The molecule has 9 aliphatic rings. The fraction of sp³-hybridized carbons (Fsp3) is 0.425. The molecule has 6 amide bonds. The van der Waals surface area contributed by atoms with Gasteiger partial charge in [0, 0.05) is 136 Å². The van der Waals surface area contributed by atoms with Crippen LogP contribution in [0.1, 0.15) is 86.4 Å². The smallest absolute Gasteiger partial charge is 0.263 e. The lowest BCUT2D eigenvalue weighted by Crippen LogP contribution is -2.56. The Hall–Kier alpha value is -14.5. The number of amides is 6. The summed E-state index contributed by atoms with van der Waals surface area (Å²) in [6, 6.07) is 3.78. The number of hydrogen-bond donors (Lipinski definition) is 9. The highest BCUT2D eigenvalue weighted by Crippen LogP contribution is 2.39. The summed E-state index contributed by atoms with van der Waals surface area (Å²) in [5, 5.41) is 29.9. The lowest BCUT2D eigenvalue weighted by molar-refractivity contribution is -0.142. The van der Waals surface area contributed by atoms with Gasteiger partial charge >= 0.3 is 0 Å². The Bertz CT molecular complexity index is 6390. The van der Waals surface area contributed by atoms with Crippen molar-refractivity contribution in [2.24, 2.45) is 17.8 Å². The first-order chi connectivity index (χ1) is 65.1. The van der Waals surface area contributed by atoms with Crippen molar-refractivity contribution in [3.8, 4) is 0 Å². The Morgan fingerprint density at radius 3 is 1.20 bits per heavy atom. The molecule has 12 aromatic rings. The molecule has 710 valence electrons. The number of likely N-dealkylation sites (N-methyl/N-ethyl adjacent to an activating group) is 2. The number of carbonyl (C=O) groups excluding carboxylic acids is 6. The van der Waals surface area contributed by atoms with Crippen LogP contribution in [0.4, 0.5) is 101 Å². The molecule has 0 saturated carbocycles. The van der Waals surface area contributed by atoms with Crippen molar-refractivity contribution < 1.29 is 59.8 Å². The van der Waals surface area contributed by atoms with Gasteiger partial charge in [-0.15, -0.1) is 20.4 Å². The molecule has 0 spiro atoms. The first-order valence-electron chi connectivity index (χ1n) is 44.5. The number of likely N-dealkylation sites (tertiary alicyclic amines) is 2. The predicted molar refractivity (Wildman–Crippen MR) is 490 cm³/mol. The van der Waals surface area contributed by atoms with Gasteiger partial charge in [0.05, 0.1) is 139 Å². The minimum Gasteiger partial charge on any atom is -0.381 e. The second kappa shape index (κ2) is 40.1. The zero-order valence-corrected chi connectivity index (χ0v) is 74.6. The van der Waals surface area contributed by atoms with Crippen molar-refractivity contribution in [3.05, 3.63) is 162 Å². The van der Waals surface area contributed by atoms with Crippen molar-refractivity contribution in [3.63, 3.8) is 0 Å². The third-order valence-corrected chi connectivity index (χ3v) is 25.7. The van der Waals surface area contributed by atoms with Gasteiger partial charge in [-0.3, -0.25) is 43.7 Å². The van der Waals surface area contributed by atoms with Gasteiger partial charge in [-0.2, -0.15) is 0 Å². The molecule has 1 unspecified atom stereocenters. The number of carbonyl (C=O) groups is 6. The predicted octanol–water partition coefficient (Wildman–Crippen LogP) is 5.13. The Morgan fingerprint density at radius 2 is 0.778 bits per heavy atom. The van der Waals surface area contributed by atoms with Crippen molar-refractivity contribution in [2.75, 3.05) is 235 Å². The van der Waals surface area contributed by atoms with E-state index in [9.17, 15) is 50.7 Å². The van der Waals surface area contributed by atoms with Crippen molar-refractivity contribution >= 4 is 133 Å². The molecule has 21 rings (SSSR count). The minimum atomic E-state index is -0.675. The summed E-state index contributed by atoms with van der Waals surface area (Å²) in [6.07, 6.45) is 25.4. The van der Waals surface area contributed by atoms with E-state index in [-0.39, 0.29) is 121 Å². The largest absolute Gasteiger partial charge is 0.381 e. The Balaban J connectivity index is 0.000000126. The number of hydrogen-bond acceptors (Lipinski definition) is 32. The number of fused-ring (bicyclic) bond motifs is 7. The van der Waals surface area contributed by atoms with Gasteiger partial charge in [0.2, 0.25) is 11.8 Å². The zero-order valence-electron chi connectivity index (χ0n) is 74.6. The van der Waals surface area contributed by atoms with Crippen LogP contribution in [0.2, 0.25) is 0 Å². The number of nitrogens with one attached hydrogen (secondary N) is 5. The molecule has 9 fully saturated rings. The number of halogens is 6. The van der Waals surface area contributed by atoms with E-state index >= 15 is 4.39 Å². The molecular weight excluding hydrogens is 1760 g/mol. The van der Waals surface area contributed by atoms with E-state index < -0.39 is 58.5 Å². The van der Waals surface area contributed by atoms with E-state index in [1.54, 1.807) is 35.4 Å². The Morgan fingerprint density at radius 1 is 0.385 bits per heavy atom. The third-order valence-electron chi connectivity index (χ3n) is 25.7. The quantitative estimate of drug-likeness (QED) is 0.0533. The van der Waals surface area contributed by atoms with Crippen molar-refractivity contribution in [1.82, 2.24) is 108 Å². The second-order valence-corrected chi connectivity index (χ2v) is 34.5. The highest BCUT2D eigenvalue weighted by molar-refractivity contribution is 6.15. The van der Waals surface area contributed by atoms with Gasteiger partial charge in [-0.05, 0) is 104 Å². The number of piperazine rings is 3. The molecule has 135 heavy (non-hydrogen) atoms. The maximum Gasteiger partial charge on any atom is 0.263 e. The highest BCUT2D eigenvalue weighted by Gasteiger charge is 2.42. The van der Waals surface area contributed by atoms with Gasteiger partial charge in [0.1, 0.15) is 39.4 Å². The molecular formula is C87H103F6N35O7. The fourth-order valence-corrected chi connectivity index (χ4v) is 18.6. The average molecular weight is 1870 g/mol. The number of piperidine rings is 5. The molecule has 9 aliphatic heterocycles. The number of anilines is 13. The maximum absolute atomic E-state index is 15.0. The normalized spacial score (nSPS) is 19.2. The molecule has 2 atom stereocenters. The first-order valence-corrected chi connectivity index (χ1v) is 44.5. The van der Waals surface area contributed by atoms with E-state index in [0.717, 1.165) is 221 Å². The molecule has 2 bridgehead atoms. The SMILES string of the molecule is CN1CCC(C(=O)N2CCN(c3c(F)cncc3NC(=O)c3c(N)nn4cc(F)cnc34)CC2)CC1.CN1CC[C@@H](OC2CCN(c3ccncc3NC(=O)c3c(N)nn4cc(F)cnc34)CC2)C1.CNc1cc(N2CCN(C)CC2)c(NC(=O)c2c(N)nn3cc(F)cnc23)cn1.Nc1nn2cc(F)cnc2c1C(=O)Nc1cncc(F)c1N1CCN(C(=O)C2CN3CCC2CC3)CC1. The van der Waals surface area contributed by atoms with E-state index in [0.29, 0.717) is 81.6 Å². The number of aromatic nitrogens is 16. The zero-order chi connectivity index (χ0) is 94.6. The second-order valence-electron chi connectivity index (χ2n) is 34.5. The molecule has 48 heteroatoms.